The van der Waals surface area contributed by atoms with E-state index in [9.17, 15) is 18.0 Å². The molecule has 28 heavy (non-hydrogen) atoms. The van der Waals surface area contributed by atoms with Gasteiger partial charge in [0.25, 0.3) is 0 Å². The van der Waals surface area contributed by atoms with Crippen LogP contribution in [0.5, 0.6) is 0 Å². The zero-order valence-corrected chi connectivity index (χ0v) is 17.7. The van der Waals surface area contributed by atoms with Crippen molar-refractivity contribution in [3.63, 3.8) is 0 Å². The number of benzene rings is 1. The van der Waals surface area contributed by atoms with Crippen molar-refractivity contribution >= 4 is 21.8 Å². The number of carbonyl (C=O) groups is 2. The summed E-state index contributed by atoms with van der Waals surface area (Å²) in [5.41, 5.74) is 2.00. The minimum atomic E-state index is -3.55. The van der Waals surface area contributed by atoms with Gasteiger partial charge in [-0.25, -0.2) is 8.42 Å². The van der Waals surface area contributed by atoms with E-state index in [0.29, 0.717) is 44.2 Å². The number of nitrogens with zero attached hydrogens (tertiary/aromatic N) is 3. The highest BCUT2D eigenvalue weighted by molar-refractivity contribution is 7.89. The number of piperazine rings is 1. The second-order valence-electron chi connectivity index (χ2n) is 7.78. The van der Waals surface area contributed by atoms with Crippen LogP contribution in [0.4, 0.5) is 0 Å². The van der Waals surface area contributed by atoms with E-state index < -0.39 is 10.0 Å². The predicted octanol–water partition coefficient (Wildman–Crippen LogP) is 1.39. The zero-order chi connectivity index (χ0) is 20.5. The Balaban J connectivity index is 1.63. The number of aryl methyl sites for hydroxylation is 2. The van der Waals surface area contributed by atoms with E-state index in [4.69, 9.17) is 0 Å². The average Bonchev–Trinajstić information content (AvgIpc) is 2.69. The standard InChI is InChI=1S/C20H29N3O4S/c1-15-6-7-19(13-16(15)2)28(26,27)23-11-9-21(10-12-23)20(25)18-5-4-8-22(14-18)17(3)24/h6-7,13,18H,4-5,8-12,14H2,1-3H3/t18-/m1/s1. The minimum Gasteiger partial charge on any atom is -0.342 e. The van der Waals surface area contributed by atoms with Crippen LogP contribution < -0.4 is 0 Å². The Bertz CT molecular complexity index is 860. The van der Waals surface area contributed by atoms with Gasteiger partial charge in [-0.15, -0.1) is 0 Å². The van der Waals surface area contributed by atoms with Gasteiger partial charge in [-0.2, -0.15) is 4.31 Å². The van der Waals surface area contributed by atoms with Crippen molar-refractivity contribution in [2.75, 3.05) is 39.3 Å². The van der Waals surface area contributed by atoms with Gasteiger partial charge in [0.05, 0.1) is 10.8 Å². The van der Waals surface area contributed by atoms with Crippen LogP contribution in [0.1, 0.15) is 30.9 Å². The van der Waals surface area contributed by atoms with Gasteiger partial charge in [-0.3, -0.25) is 9.59 Å². The fraction of sp³-hybridized carbons (Fsp3) is 0.600. The average molecular weight is 408 g/mol. The third-order valence-electron chi connectivity index (χ3n) is 5.88. The number of hydrogen-bond acceptors (Lipinski definition) is 4. The lowest BCUT2D eigenvalue weighted by Crippen LogP contribution is -2.53. The van der Waals surface area contributed by atoms with Gasteiger partial charge in [0, 0.05) is 46.2 Å². The molecular formula is C20H29N3O4S. The minimum absolute atomic E-state index is 0.00167. The molecule has 3 rings (SSSR count). The highest BCUT2D eigenvalue weighted by Crippen LogP contribution is 2.23. The summed E-state index contributed by atoms with van der Waals surface area (Å²) in [4.78, 5) is 28.2. The zero-order valence-electron chi connectivity index (χ0n) is 16.8. The Morgan fingerprint density at radius 1 is 0.964 bits per heavy atom. The molecule has 0 aromatic heterocycles. The lowest BCUT2D eigenvalue weighted by atomic mass is 9.96. The number of amides is 2. The molecule has 2 aliphatic heterocycles. The van der Waals surface area contributed by atoms with Crippen LogP contribution in [0.15, 0.2) is 23.1 Å². The second kappa shape index (κ2) is 8.21. The molecule has 2 heterocycles. The quantitative estimate of drug-likeness (QED) is 0.759. The summed E-state index contributed by atoms with van der Waals surface area (Å²) in [5, 5.41) is 0. The third kappa shape index (κ3) is 4.22. The SMILES string of the molecule is CC(=O)N1CCC[C@@H](C(=O)N2CCN(S(=O)(=O)c3ccc(C)c(C)c3)CC2)C1. The molecule has 8 heteroatoms. The maximum atomic E-state index is 12.9. The molecule has 2 fully saturated rings. The van der Waals surface area contributed by atoms with Crippen LogP contribution in [0.25, 0.3) is 0 Å². The van der Waals surface area contributed by atoms with Gasteiger partial charge in [-0.05, 0) is 49.9 Å². The summed E-state index contributed by atoms with van der Waals surface area (Å²) in [6.07, 6.45) is 1.61. The molecule has 0 bridgehead atoms. The molecule has 1 aromatic carbocycles. The molecule has 0 radical (unpaired) electrons. The maximum absolute atomic E-state index is 12.9. The Kier molecular flexibility index (Phi) is 6.09. The topological polar surface area (TPSA) is 78.0 Å². The van der Waals surface area contributed by atoms with Crippen molar-refractivity contribution in [1.29, 1.82) is 0 Å². The smallest absolute Gasteiger partial charge is 0.243 e. The first kappa shape index (κ1) is 20.8. The molecule has 0 unspecified atom stereocenters. The molecule has 2 saturated heterocycles. The lowest BCUT2D eigenvalue weighted by molar-refractivity contribution is -0.141. The Morgan fingerprint density at radius 3 is 2.25 bits per heavy atom. The molecule has 1 aromatic rings. The van der Waals surface area contributed by atoms with Crippen LogP contribution in [-0.4, -0.2) is 73.6 Å². The first-order valence-electron chi connectivity index (χ1n) is 9.82. The van der Waals surface area contributed by atoms with Gasteiger partial charge in [0.1, 0.15) is 0 Å². The molecular weight excluding hydrogens is 378 g/mol. The van der Waals surface area contributed by atoms with E-state index >= 15 is 0 Å². The highest BCUT2D eigenvalue weighted by atomic mass is 32.2. The fourth-order valence-electron chi connectivity index (χ4n) is 3.90. The number of rotatable bonds is 3. The van der Waals surface area contributed by atoms with E-state index in [-0.39, 0.29) is 17.7 Å². The summed E-state index contributed by atoms with van der Waals surface area (Å²) in [5.74, 6) is -0.142. The number of likely N-dealkylation sites (tertiary alicyclic amines) is 1. The van der Waals surface area contributed by atoms with Crippen LogP contribution in [0.3, 0.4) is 0 Å². The normalized spacial score (nSPS) is 21.6. The highest BCUT2D eigenvalue weighted by Gasteiger charge is 2.34. The van der Waals surface area contributed by atoms with Gasteiger partial charge in [-0.1, -0.05) is 6.07 Å². The Hall–Kier alpha value is -1.93. The summed E-state index contributed by atoms with van der Waals surface area (Å²) in [6, 6.07) is 5.18. The van der Waals surface area contributed by atoms with Crippen molar-refractivity contribution in [2.45, 2.75) is 38.5 Å². The molecule has 0 N–H and O–H groups in total. The van der Waals surface area contributed by atoms with E-state index in [0.717, 1.165) is 24.0 Å². The number of carbonyl (C=O) groups excluding carboxylic acids is 2. The molecule has 1 atom stereocenters. The van der Waals surface area contributed by atoms with E-state index in [1.165, 1.54) is 11.2 Å². The first-order chi connectivity index (χ1) is 13.2. The van der Waals surface area contributed by atoms with E-state index in [1.54, 1.807) is 21.9 Å². The first-order valence-corrected chi connectivity index (χ1v) is 11.3. The largest absolute Gasteiger partial charge is 0.342 e. The van der Waals surface area contributed by atoms with Crippen molar-refractivity contribution in [1.82, 2.24) is 14.1 Å². The summed E-state index contributed by atoms with van der Waals surface area (Å²) >= 11 is 0. The maximum Gasteiger partial charge on any atom is 0.243 e. The molecule has 0 aliphatic carbocycles. The monoisotopic (exact) mass is 407 g/mol. The van der Waals surface area contributed by atoms with Crippen LogP contribution in [0, 0.1) is 19.8 Å². The van der Waals surface area contributed by atoms with Gasteiger partial charge >= 0.3 is 0 Å². The summed E-state index contributed by atoms with van der Waals surface area (Å²) in [7, 11) is -3.55. The van der Waals surface area contributed by atoms with Crippen LogP contribution in [-0.2, 0) is 19.6 Å². The van der Waals surface area contributed by atoms with Crippen LogP contribution in [0.2, 0.25) is 0 Å². The van der Waals surface area contributed by atoms with Gasteiger partial charge < -0.3 is 9.80 Å². The number of hydrogen-bond donors (Lipinski definition) is 0. The summed E-state index contributed by atoms with van der Waals surface area (Å²) in [6.45, 7) is 7.93. The van der Waals surface area contributed by atoms with Crippen molar-refractivity contribution < 1.29 is 18.0 Å². The van der Waals surface area contributed by atoms with Crippen molar-refractivity contribution in [2.24, 2.45) is 5.92 Å². The Labute approximate surface area is 167 Å². The Morgan fingerprint density at radius 2 is 1.64 bits per heavy atom. The predicted molar refractivity (Wildman–Crippen MR) is 106 cm³/mol. The van der Waals surface area contributed by atoms with Gasteiger partial charge in [0.2, 0.25) is 21.8 Å². The van der Waals surface area contributed by atoms with Crippen molar-refractivity contribution in [3.8, 4) is 0 Å². The number of piperidine rings is 1. The van der Waals surface area contributed by atoms with E-state index in [2.05, 4.69) is 0 Å². The van der Waals surface area contributed by atoms with Crippen molar-refractivity contribution in [3.05, 3.63) is 29.3 Å². The van der Waals surface area contributed by atoms with Crippen LogP contribution >= 0.6 is 0 Å². The second-order valence-corrected chi connectivity index (χ2v) is 9.72. The fourth-order valence-corrected chi connectivity index (χ4v) is 5.40. The number of sulfonamides is 1. The molecule has 2 amide bonds. The molecule has 2 aliphatic rings. The summed E-state index contributed by atoms with van der Waals surface area (Å²) < 4.78 is 27.3. The molecule has 0 spiro atoms. The molecule has 7 nitrogen and oxygen atoms in total. The van der Waals surface area contributed by atoms with Gasteiger partial charge in [0.15, 0.2) is 0 Å². The third-order valence-corrected chi connectivity index (χ3v) is 7.78. The molecule has 0 saturated carbocycles. The lowest BCUT2D eigenvalue weighted by Gasteiger charge is -2.38. The molecule has 154 valence electrons. The van der Waals surface area contributed by atoms with E-state index in [1.807, 2.05) is 19.9 Å².